The molecule has 0 heterocycles. The number of ether oxygens (including phenoxy) is 11. The van der Waals surface area contributed by atoms with Gasteiger partial charge in [-0.25, -0.2) is 0 Å². The molecule has 266 valence electrons. The van der Waals surface area contributed by atoms with Crippen LogP contribution in [0, 0.1) is 0 Å². The van der Waals surface area contributed by atoms with Gasteiger partial charge in [-0.1, -0.05) is 20.8 Å². The Bertz CT molecular complexity index is 578. The Morgan fingerprint density at radius 3 is 0.773 bits per heavy atom. The van der Waals surface area contributed by atoms with E-state index in [1.54, 1.807) is 0 Å². The number of hydrogen-bond acceptors (Lipinski definition) is 12. The smallest absolute Gasteiger partial charge is 0.192 e. The summed E-state index contributed by atoms with van der Waals surface area (Å²) < 4.78 is 66.3. The molecule has 0 N–H and O–H groups in total. The van der Waals surface area contributed by atoms with Gasteiger partial charge in [-0.3, -0.25) is 0 Å². The van der Waals surface area contributed by atoms with Crippen molar-refractivity contribution in [2.24, 2.45) is 0 Å². The van der Waals surface area contributed by atoms with Crippen molar-refractivity contribution in [3.63, 3.8) is 0 Å². The van der Waals surface area contributed by atoms with Gasteiger partial charge in [-0.05, 0) is 32.0 Å². The Balaban J connectivity index is 3.12. The van der Waals surface area contributed by atoms with Crippen molar-refractivity contribution in [2.75, 3.05) is 145 Å². The predicted octanol–water partition coefficient (Wildman–Crippen LogP) is 3.60. The standard InChI is InChI=1S/C31H66O12Si/c1-30(2)42-28-26-40-24-22-38-20-18-36-16-14-34-12-10-32-8-9-33-11-13-35-15-17-37-19-21-39-23-25-41-27-29-43-44(6,7)31(3,4)5/h30H,8-29H2,1-7H3. The van der Waals surface area contributed by atoms with Gasteiger partial charge < -0.3 is 56.5 Å². The maximum Gasteiger partial charge on any atom is 0.192 e. The van der Waals surface area contributed by atoms with E-state index in [1.165, 1.54) is 0 Å². The lowest BCUT2D eigenvalue weighted by Crippen LogP contribution is -2.41. The summed E-state index contributed by atoms with van der Waals surface area (Å²) in [5.41, 5.74) is 0. The molecule has 13 heteroatoms. The fraction of sp³-hybridized carbons (Fsp3) is 1.00. The van der Waals surface area contributed by atoms with Gasteiger partial charge in [-0.15, -0.1) is 0 Å². The van der Waals surface area contributed by atoms with Crippen LogP contribution >= 0.6 is 0 Å². The summed E-state index contributed by atoms with van der Waals surface area (Å²) in [7, 11) is -1.69. The lowest BCUT2D eigenvalue weighted by Gasteiger charge is -2.36. The molecule has 0 aliphatic rings. The van der Waals surface area contributed by atoms with E-state index >= 15 is 0 Å². The molecule has 0 amide bonds. The highest BCUT2D eigenvalue weighted by molar-refractivity contribution is 6.74. The minimum absolute atomic E-state index is 0.219. The van der Waals surface area contributed by atoms with Gasteiger partial charge in [0.2, 0.25) is 0 Å². The second-order valence-corrected chi connectivity index (χ2v) is 16.5. The summed E-state index contributed by atoms with van der Waals surface area (Å²) in [5.74, 6) is 0. The van der Waals surface area contributed by atoms with E-state index in [1.807, 2.05) is 13.8 Å². The predicted molar refractivity (Wildman–Crippen MR) is 172 cm³/mol. The third-order valence-corrected chi connectivity index (χ3v) is 11.1. The largest absolute Gasteiger partial charge is 0.414 e. The highest BCUT2D eigenvalue weighted by Gasteiger charge is 2.36. The van der Waals surface area contributed by atoms with Crippen LogP contribution in [-0.2, 0) is 56.5 Å². The lowest BCUT2D eigenvalue weighted by molar-refractivity contribution is -0.0288. The molecule has 0 aliphatic heterocycles. The zero-order chi connectivity index (χ0) is 32.6. The quantitative estimate of drug-likeness (QED) is 0.0733. The van der Waals surface area contributed by atoms with Gasteiger partial charge in [0, 0.05) is 0 Å². The third kappa shape index (κ3) is 31.7. The normalized spacial score (nSPS) is 12.5. The van der Waals surface area contributed by atoms with Crippen molar-refractivity contribution in [1.82, 2.24) is 0 Å². The topological polar surface area (TPSA) is 111 Å². The van der Waals surface area contributed by atoms with E-state index in [0.29, 0.717) is 145 Å². The Hall–Kier alpha value is -0.263. The molecule has 0 rings (SSSR count). The van der Waals surface area contributed by atoms with Crippen LogP contribution in [0.1, 0.15) is 34.6 Å². The van der Waals surface area contributed by atoms with Gasteiger partial charge in [0.15, 0.2) is 8.32 Å². The molecule has 0 saturated carbocycles. The van der Waals surface area contributed by atoms with Crippen molar-refractivity contribution in [3.8, 4) is 0 Å². The number of rotatable bonds is 35. The van der Waals surface area contributed by atoms with Crippen molar-refractivity contribution < 1.29 is 56.5 Å². The summed E-state index contributed by atoms with van der Waals surface area (Å²) in [5, 5.41) is 0.219. The fourth-order valence-corrected chi connectivity index (χ4v) is 4.02. The minimum Gasteiger partial charge on any atom is -0.414 e. The summed E-state index contributed by atoms with van der Waals surface area (Å²) in [6.45, 7) is 27.2. The van der Waals surface area contributed by atoms with E-state index in [4.69, 9.17) is 56.5 Å². The van der Waals surface area contributed by atoms with Crippen LogP contribution < -0.4 is 0 Å². The maximum atomic E-state index is 6.08. The van der Waals surface area contributed by atoms with Crippen molar-refractivity contribution >= 4 is 8.32 Å². The highest BCUT2D eigenvalue weighted by Crippen LogP contribution is 2.36. The van der Waals surface area contributed by atoms with Crippen LogP contribution in [-0.4, -0.2) is 160 Å². The second-order valence-electron chi connectivity index (χ2n) is 11.7. The molecule has 0 spiro atoms. The first-order valence-electron chi connectivity index (χ1n) is 16.2. The van der Waals surface area contributed by atoms with Crippen LogP contribution in [0.5, 0.6) is 0 Å². The molecule has 0 aliphatic carbocycles. The molecular formula is C31H66O12Si. The van der Waals surface area contributed by atoms with Crippen molar-refractivity contribution in [3.05, 3.63) is 0 Å². The van der Waals surface area contributed by atoms with Gasteiger partial charge in [0.05, 0.1) is 151 Å². The van der Waals surface area contributed by atoms with Crippen LogP contribution in [0.25, 0.3) is 0 Å². The summed E-state index contributed by atoms with van der Waals surface area (Å²) in [6.07, 6.45) is 0.233. The second kappa shape index (κ2) is 31.3. The van der Waals surface area contributed by atoms with Gasteiger partial charge in [0.25, 0.3) is 0 Å². The first kappa shape index (κ1) is 43.7. The van der Waals surface area contributed by atoms with E-state index in [-0.39, 0.29) is 11.1 Å². The van der Waals surface area contributed by atoms with Crippen LogP contribution in [0.2, 0.25) is 18.1 Å². The van der Waals surface area contributed by atoms with Crippen LogP contribution in [0.3, 0.4) is 0 Å². The minimum atomic E-state index is -1.69. The average molecular weight is 659 g/mol. The van der Waals surface area contributed by atoms with E-state index in [0.717, 1.165) is 0 Å². The summed E-state index contributed by atoms with van der Waals surface area (Å²) in [6, 6.07) is 0. The molecule has 0 aromatic heterocycles. The van der Waals surface area contributed by atoms with E-state index in [2.05, 4.69) is 33.9 Å². The van der Waals surface area contributed by atoms with Crippen molar-refractivity contribution in [2.45, 2.75) is 58.9 Å². The Kier molecular flexibility index (Phi) is 31.2. The summed E-state index contributed by atoms with van der Waals surface area (Å²) in [4.78, 5) is 0. The summed E-state index contributed by atoms with van der Waals surface area (Å²) >= 11 is 0. The molecule has 12 nitrogen and oxygen atoms in total. The lowest BCUT2D eigenvalue weighted by atomic mass is 10.2. The monoisotopic (exact) mass is 658 g/mol. The maximum absolute atomic E-state index is 6.08. The zero-order valence-corrected chi connectivity index (χ0v) is 30.0. The molecule has 0 unspecified atom stereocenters. The SMILES string of the molecule is CC(C)OCCOCCOCCOCCOCCOCCOCCOCCOCCOCCOCCO[Si](C)(C)C(C)(C)C. The molecule has 44 heavy (non-hydrogen) atoms. The van der Waals surface area contributed by atoms with Crippen LogP contribution in [0.4, 0.5) is 0 Å². The molecular weight excluding hydrogens is 592 g/mol. The molecule has 0 bridgehead atoms. The first-order valence-corrected chi connectivity index (χ1v) is 19.1. The first-order chi connectivity index (χ1) is 21.2. The van der Waals surface area contributed by atoms with Crippen molar-refractivity contribution in [1.29, 1.82) is 0 Å². The molecule has 0 radical (unpaired) electrons. The molecule has 0 aromatic carbocycles. The molecule has 0 fully saturated rings. The Morgan fingerprint density at radius 2 is 0.568 bits per heavy atom. The molecule has 0 atom stereocenters. The Morgan fingerprint density at radius 1 is 0.364 bits per heavy atom. The Labute approximate surface area is 269 Å². The fourth-order valence-electron chi connectivity index (χ4n) is 3.00. The molecule has 0 aromatic rings. The molecule has 0 saturated heterocycles. The van der Waals surface area contributed by atoms with E-state index < -0.39 is 8.32 Å². The number of hydrogen-bond donors (Lipinski definition) is 0. The van der Waals surface area contributed by atoms with E-state index in [9.17, 15) is 0 Å². The third-order valence-electron chi connectivity index (χ3n) is 6.52. The zero-order valence-electron chi connectivity index (χ0n) is 29.0. The highest BCUT2D eigenvalue weighted by atomic mass is 28.4. The van der Waals surface area contributed by atoms with Gasteiger partial charge >= 0.3 is 0 Å². The van der Waals surface area contributed by atoms with Crippen LogP contribution in [0.15, 0.2) is 0 Å². The van der Waals surface area contributed by atoms with Gasteiger partial charge in [0.1, 0.15) is 0 Å². The van der Waals surface area contributed by atoms with Gasteiger partial charge in [-0.2, -0.15) is 0 Å². The average Bonchev–Trinajstić information content (AvgIpc) is 2.96.